The van der Waals surface area contributed by atoms with Crippen LogP contribution in [0.25, 0.3) is 0 Å². The zero-order chi connectivity index (χ0) is 26.0. The van der Waals surface area contributed by atoms with E-state index in [0.29, 0.717) is 16.5 Å². The Balaban J connectivity index is 2.19. The van der Waals surface area contributed by atoms with Crippen LogP contribution in [0.5, 0.6) is 0 Å². The zero-order valence-corrected chi connectivity index (χ0v) is 22.8. The molecule has 1 aliphatic rings. The molecule has 0 aromatic heterocycles. The molecule has 9 heteroatoms. The summed E-state index contributed by atoms with van der Waals surface area (Å²) in [5, 5.41) is 10.7. The van der Waals surface area contributed by atoms with Gasteiger partial charge < -0.3 is 14.7 Å². The van der Waals surface area contributed by atoms with E-state index >= 15 is 0 Å². The fourth-order valence-corrected chi connectivity index (χ4v) is 6.04. The minimum Gasteiger partial charge on any atom is -0.396 e. The number of aliphatic hydroxyl groups excluding tert-OH is 1. The maximum atomic E-state index is 13.8. The molecule has 2 aromatic carbocycles. The third kappa shape index (κ3) is 6.20. The van der Waals surface area contributed by atoms with Gasteiger partial charge in [-0.2, -0.15) is 0 Å². The number of benzene rings is 2. The molecule has 2 aromatic rings. The molecule has 3 rings (SSSR count). The van der Waals surface area contributed by atoms with Crippen LogP contribution in [0.1, 0.15) is 63.8 Å². The zero-order valence-electron chi connectivity index (χ0n) is 20.4. The van der Waals surface area contributed by atoms with Crippen molar-refractivity contribution >= 4 is 38.9 Å². The highest BCUT2D eigenvalue weighted by Gasteiger charge is 2.47. The molecule has 6 nitrogen and oxygen atoms in total. The number of hydrogen-bond acceptors (Lipinski definition) is 5. The van der Waals surface area contributed by atoms with E-state index < -0.39 is 38.9 Å². The second-order valence-corrected chi connectivity index (χ2v) is 13.5. The summed E-state index contributed by atoms with van der Waals surface area (Å²) < 4.78 is 31.8. The fraction of sp³-hybridized carbons (Fsp3) is 0.500. The Labute approximate surface area is 218 Å². The SMILES string of the molecule is CCC(CS(=O)(=O)C(C)(C)C)N1C(=O)[C@H](CCO)OC(c2cccc(Cl)c2)C1c1ccc(Cl)cc1. The number of amides is 1. The Bertz CT molecular complexity index is 1130. The van der Waals surface area contributed by atoms with Crippen molar-refractivity contribution in [3.05, 3.63) is 69.7 Å². The number of nitrogens with zero attached hydrogens (tertiary/aromatic N) is 1. The van der Waals surface area contributed by atoms with Gasteiger partial charge in [-0.05, 0) is 62.6 Å². The minimum atomic E-state index is -3.54. The largest absolute Gasteiger partial charge is 0.396 e. The third-order valence-electron chi connectivity index (χ3n) is 6.42. The third-order valence-corrected chi connectivity index (χ3v) is 9.59. The predicted molar refractivity (Wildman–Crippen MR) is 139 cm³/mol. The van der Waals surface area contributed by atoms with Crippen LogP contribution in [-0.4, -0.2) is 53.6 Å². The van der Waals surface area contributed by atoms with E-state index in [2.05, 4.69) is 0 Å². The lowest BCUT2D eigenvalue weighted by Crippen LogP contribution is -2.57. The molecule has 35 heavy (non-hydrogen) atoms. The molecule has 0 spiro atoms. The fourth-order valence-electron chi connectivity index (χ4n) is 4.31. The highest BCUT2D eigenvalue weighted by atomic mass is 35.5. The quantitative estimate of drug-likeness (QED) is 0.485. The van der Waals surface area contributed by atoms with Crippen LogP contribution in [-0.2, 0) is 19.4 Å². The molecule has 1 fully saturated rings. The van der Waals surface area contributed by atoms with E-state index in [1.54, 1.807) is 49.9 Å². The number of morpholine rings is 1. The van der Waals surface area contributed by atoms with Crippen molar-refractivity contribution in [2.75, 3.05) is 12.4 Å². The maximum Gasteiger partial charge on any atom is 0.252 e. The van der Waals surface area contributed by atoms with Crippen molar-refractivity contribution in [2.45, 2.75) is 69.6 Å². The molecule has 0 saturated carbocycles. The molecule has 1 amide bonds. The van der Waals surface area contributed by atoms with Crippen LogP contribution in [0.3, 0.4) is 0 Å². The summed E-state index contributed by atoms with van der Waals surface area (Å²) in [6.45, 7) is 6.62. The second kappa shape index (κ2) is 11.2. The number of halogens is 2. The Morgan fingerprint density at radius 2 is 1.71 bits per heavy atom. The van der Waals surface area contributed by atoms with Gasteiger partial charge in [-0.1, -0.05) is 54.4 Å². The first kappa shape index (κ1) is 27.9. The van der Waals surface area contributed by atoms with Crippen molar-refractivity contribution in [3.8, 4) is 0 Å². The lowest BCUT2D eigenvalue weighted by molar-refractivity contribution is -0.180. The van der Waals surface area contributed by atoms with Crippen molar-refractivity contribution in [3.63, 3.8) is 0 Å². The molecular weight excluding hydrogens is 509 g/mol. The molecule has 0 aliphatic carbocycles. The average molecular weight is 543 g/mol. The summed E-state index contributed by atoms with van der Waals surface area (Å²) in [6, 6.07) is 13.1. The number of carbonyl (C=O) groups is 1. The highest BCUT2D eigenvalue weighted by molar-refractivity contribution is 7.92. The van der Waals surface area contributed by atoms with Gasteiger partial charge in [0.25, 0.3) is 5.91 Å². The normalized spacial score (nSPS) is 22.3. The lowest BCUT2D eigenvalue weighted by Gasteiger charge is -2.48. The van der Waals surface area contributed by atoms with E-state index in [0.717, 1.165) is 11.1 Å². The summed E-state index contributed by atoms with van der Waals surface area (Å²) in [5.41, 5.74) is 1.52. The van der Waals surface area contributed by atoms with Crippen molar-refractivity contribution in [1.82, 2.24) is 4.90 Å². The summed E-state index contributed by atoms with van der Waals surface area (Å²) in [7, 11) is -3.54. The molecule has 1 aliphatic heterocycles. The Hall–Kier alpha value is -1.64. The predicted octanol–water partition coefficient (Wildman–Crippen LogP) is 5.38. The van der Waals surface area contributed by atoms with Crippen LogP contribution < -0.4 is 0 Å². The molecule has 0 bridgehead atoms. The van der Waals surface area contributed by atoms with Gasteiger partial charge in [-0.3, -0.25) is 4.79 Å². The van der Waals surface area contributed by atoms with E-state index in [4.69, 9.17) is 27.9 Å². The van der Waals surface area contributed by atoms with Gasteiger partial charge in [0, 0.05) is 29.1 Å². The van der Waals surface area contributed by atoms with Crippen LogP contribution in [0.15, 0.2) is 48.5 Å². The maximum absolute atomic E-state index is 13.8. The topological polar surface area (TPSA) is 83.9 Å². The number of carbonyl (C=O) groups excluding carboxylic acids is 1. The molecule has 3 unspecified atom stereocenters. The van der Waals surface area contributed by atoms with Gasteiger partial charge in [0.1, 0.15) is 12.2 Å². The number of rotatable bonds is 8. The summed E-state index contributed by atoms with van der Waals surface area (Å²) in [4.78, 5) is 15.4. The highest BCUT2D eigenvalue weighted by Crippen LogP contribution is 2.45. The standard InChI is InChI=1S/C26H33Cl2NO5S/c1-5-21(16-35(32,33)26(2,3)4)29-23(17-9-11-19(27)12-10-17)24(18-7-6-8-20(28)15-18)34-22(13-14-30)25(29)31/h6-12,15,21-24,30H,5,13-14,16H2,1-4H3/t21?,22-,23?,24?/m0/s1. The summed E-state index contributed by atoms with van der Waals surface area (Å²) in [6.07, 6.45) is -1.02. The van der Waals surface area contributed by atoms with Gasteiger partial charge in [0.05, 0.1) is 16.5 Å². The average Bonchev–Trinajstić information content (AvgIpc) is 2.78. The summed E-state index contributed by atoms with van der Waals surface area (Å²) in [5.74, 6) is -0.523. The number of sulfone groups is 1. The molecule has 1 N–H and O–H groups in total. The summed E-state index contributed by atoms with van der Waals surface area (Å²) >= 11 is 12.4. The second-order valence-electron chi connectivity index (χ2n) is 9.81. The molecule has 1 heterocycles. The smallest absolute Gasteiger partial charge is 0.252 e. The van der Waals surface area contributed by atoms with E-state index in [-0.39, 0.29) is 24.7 Å². The molecule has 1 saturated heterocycles. The van der Waals surface area contributed by atoms with Crippen molar-refractivity contribution in [1.29, 1.82) is 0 Å². The van der Waals surface area contributed by atoms with Crippen LogP contribution in [0.2, 0.25) is 10.0 Å². The van der Waals surface area contributed by atoms with E-state index in [1.165, 1.54) is 0 Å². The van der Waals surface area contributed by atoms with Crippen molar-refractivity contribution < 1.29 is 23.1 Å². The Morgan fingerprint density at radius 3 is 2.26 bits per heavy atom. The first-order valence-corrected chi connectivity index (χ1v) is 14.1. The number of aliphatic hydroxyl groups is 1. The minimum absolute atomic E-state index is 0.0994. The molecular formula is C26H33Cl2NO5S. The number of hydrogen-bond donors (Lipinski definition) is 1. The molecule has 0 radical (unpaired) electrons. The molecule has 4 atom stereocenters. The van der Waals surface area contributed by atoms with Gasteiger partial charge in [-0.15, -0.1) is 0 Å². The Kier molecular flexibility index (Phi) is 8.92. The molecule has 192 valence electrons. The van der Waals surface area contributed by atoms with Crippen molar-refractivity contribution in [2.24, 2.45) is 0 Å². The van der Waals surface area contributed by atoms with Crippen LogP contribution in [0.4, 0.5) is 0 Å². The van der Waals surface area contributed by atoms with E-state index in [9.17, 15) is 18.3 Å². The lowest BCUT2D eigenvalue weighted by atomic mass is 9.89. The van der Waals surface area contributed by atoms with Gasteiger partial charge >= 0.3 is 0 Å². The van der Waals surface area contributed by atoms with Gasteiger partial charge in [0.15, 0.2) is 9.84 Å². The monoisotopic (exact) mass is 541 g/mol. The van der Waals surface area contributed by atoms with Crippen LogP contribution >= 0.6 is 23.2 Å². The van der Waals surface area contributed by atoms with Gasteiger partial charge in [0.2, 0.25) is 0 Å². The van der Waals surface area contributed by atoms with E-state index in [1.807, 2.05) is 31.2 Å². The number of ether oxygens (including phenoxy) is 1. The Morgan fingerprint density at radius 1 is 1.06 bits per heavy atom. The first-order valence-electron chi connectivity index (χ1n) is 11.7. The van der Waals surface area contributed by atoms with Gasteiger partial charge in [-0.25, -0.2) is 8.42 Å². The van der Waals surface area contributed by atoms with Crippen LogP contribution in [0, 0.1) is 0 Å². The first-order chi connectivity index (χ1) is 16.4.